The van der Waals surface area contributed by atoms with Gasteiger partial charge in [0.25, 0.3) is 5.91 Å². The molecule has 2 aromatic carbocycles. The molecule has 0 spiro atoms. The van der Waals surface area contributed by atoms with E-state index >= 15 is 0 Å². The summed E-state index contributed by atoms with van der Waals surface area (Å²) in [6.07, 6.45) is 1.93. The number of hydrogen-bond donors (Lipinski definition) is 0. The van der Waals surface area contributed by atoms with E-state index in [0.717, 1.165) is 16.4 Å². The zero-order valence-corrected chi connectivity index (χ0v) is 14.0. The number of carbonyl (C=O) groups excluding carboxylic acids is 1. The van der Waals surface area contributed by atoms with Crippen molar-refractivity contribution in [3.63, 3.8) is 0 Å². The van der Waals surface area contributed by atoms with Crippen molar-refractivity contribution in [2.24, 2.45) is 4.99 Å². The minimum Gasteiger partial charge on any atom is -0.284 e. The molecule has 4 heteroatoms. The molecule has 0 aliphatic carbocycles. The van der Waals surface area contributed by atoms with Gasteiger partial charge in [-0.15, -0.1) is 0 Å². The highest BCUT2D eigenvalue weighted by molar-refractivity contribution is 8.18. The van der Waals surface area contributed by atoms with E-state index in [1.807, 2.05) is 80.6 Å². The minimum absolute atomic E-state index is 0.0172. The number of rotatable bonds is 3. The molecule has 1 aliphatic rings. The van der Waals surface area contributed by atoms with Crippen LogP contribution in [0.15, 0.2) is 70.6 Å². The second kappa shape index (κ2) is 6.84. The Balaban J connectivity index is 1.96. The van der Waals surface area contributed by atoms with Crippen molar-refractivity contribution in [1.29, 1.82) is 0 Å². The van der Waals surface area contributed by atoms with Crippen LogP contribution in [0.5, 0.6) is 0 Å². The Morgan fingerprint density at radius 2 is 1.61 bits per heavy atom. The number of amidine groups is 1. The van der Waals surface area contributed by atoms with Gasteiger partial charge in [-0.05, 0) is 49.4 Å². The van der Waals surface area contributed by atoms with E-state index in [1.165, 1.54) is 11.8 Å². The number of amides is 1. The van der Waals surface area contributed by atoms with Gasteiger partial charge in [-0.1, -0.05) is 48.5 Å². The van der Waals surface area contributed by atoms with Crippen molar-refractivity contribution in [2.45, 2.75) is 19.9 Å². The van der Waals surface area contributed by atoms with Crippen molar-refractivity contribution >= 4 is 34.6 Å². The molecule has 0 bridgehead atoms. The number of hydrogen-bond acceptors (Lipinski definition) is 3. The highest BCUT2D eigenvalue weighted by Gasteiger charge is 2.35. The number of carbonyl (C=O) groups is 1. The van der Waals surface area contributed by atoms with Crippen LogP contribution in [0.4, 0.5) is 5.69 Å². The fraction of sp³-hybridized carbons (Fsp3) is 0.158. The smallest absolute Gasteiger partial charge is 0.266 e. The number of aliphatic imine (C=N–C) groups is 1. The lowest BCUT2D eigenvalue weighted by Crippen LogP contribution is -2.35. The summed E-state index contributed by atoms with van der Waals surface area (Å²) in [4.78, 5) is 19.8. The predicted octanol–water partition coefficient (Wildman–Crippen LogP) is 4.70. The van der Waals surface area contributed by atoms with E-state index in [2.05, 4.69) is 4.99 Å². The van der Waals surface area contributed by atoms with Gasteiger partial charge in [0.1, 0.15) is 0 Å². The minimum atomic E-state index is 0.0172. The molecule has 2 aromatic rings. The molecule has 0 radical (unpaired) electrons. The zero-order valence-electron chi connectivity index (χ0n) is 13.1. The van der Waals surface area contributed by atoms with Crippen LogP contribution in [0, 0.1) is 0 Å². The third kappa shape index (κ3) is 3.54. The van der Waals surface area contributed by atoms with Gasteiger partial charge in [-0.25, -0.2) is 4.99 Å². The van der Waals surface area contributed by atoms with Crippen molar-refractivity contribution in [1.82, 2.24) is 4.90 Å². The van der Waals surface area contributed by atoms with Gasteiger partial charge in [0.05, 0.1) is 10.6 Å². The Hall–Kier alpha value is -2.33. The topological polar surface area (TPSA) is 32.7 Å². The van der Waals surface area contributed by atoms with Gasteiger partial charge in [0.2, 0.25) is 0 Å². The molecule has 0 unspecified atom stereocenters. The summed E-state index contributed by atoms with van der Waals surface area (Å²) in [6, 6.07) is 19.7. The predicted molar refractivity (Wildman–Crippen MR) is 97.5 cm³/mol. The standard InChI is InChI=1S/C19H18N2OS/c1-14(2)21-18(22)17(13-15-9-5-3-6-10-15)23-19(21)20-16-11-7-4-8-12-16/h3-14H,1-2H3/b17-13+,20-19?. The third-order valence-electron chi connectivity index (χ3n) is 3.43. The Morgan fingerprint density at radius 3 is 2.22 bits per heavy atom. The van der Waals surface area contributed by atoms with E-state index in [-0.39, 0.29) is 11.9 Å². The average molecular weight is 322 g/mol. The van der Waals surface area contributed by atoms with Gasteiger partial charge >= 0.3 is 0 Å². The summed E-state index contributed by atoms with van der Waals surface area (Å²) in [5.74, 6) is 0.0172. The molecule has 0 aromatic heterocycles. The largest absolute Gasteiger partial charge is 0.284 e. The van der Waals surface area contributed by atoms with Crippen molar-refractivity contribution in [3.05, 3.63) is 71.1 Å². The van der Waals surface area contributed by atoms with Gasteiger partial charge in [0, 0.05) is 6.04 Å². The molecule has 0 atom stereocenters. The molecule has 1 amide bonds. The maximum atomic E-state index is 12.7. The van der Waals surface area contributed by atoms with Gasteiger partial charge in [0.15, 0.2) is 5.17 Å². The number of nitrogens with zero attached hydrogens (tertiary/aromatic N) is 2. The van der Waals surface area contributed by atoms with Gasteiger partial charge < -0.3 is 0 Å². The average Bonchev–Trinajstić information content (AvgIpc) is 2.85. The molecule has 1 fully saturated rings. The van der Waals surface area contributed by atoms with Crippen molar-refractivity contribution < 1.29 is 4.79 Å². The fourth-order valence-electron chi connectivity index (χ4n) is 2.33. The SMILES string of the molecule is CC(C)N1C(=O)/C(=C\c2ccccc2)SC1=Nc1ccccc1. The third-order valence-corrected chi connectivity index (χ3v) is 4.41. The zero-order chi connectivity index (χ0) is 16.2. The van der Waals surface area contributed by atoms with Crippen LogP contribution >= 0.6 is 11.8 Å². The molecular formula is C19H18N2OS. The Morgan fingerprint density at radius 1 is 1.00 bits per heavy atom. The molecule has 1 aliphatic heterocycles. The normalized spacial score (nSPS) is 18.4. The first-order chi connectivity index (χ1) is 11.1. The number of benzene rings is 2. The lowest BCUT2D eigenvalue weighted by molar-refractivity contribution is -0.123. The molecule has 3 rings (SSSR count). The fourth-order valence-corrected chi connectivity index (χ4v) is 3.45. The van der Waals surface area contributed by atoms with Gasteiger partial charge in [-0.3, -0.25) is 9.69 Å². The molecule has 0 N–H and O–H groups in total. The monoisotopic (exact) mass is 322 g/mol. The highest BCUT2D eigenvalue weighted by atomic mass is 32.2. The lowest BCUT2D eigenvalue weighted by Gasteiger charge is -2.19. The van der Waals surface area contributed by atoms with E-state index in [1.54, 1.807) is 4.90 Å². The molecule has 1 saturated heterocycles. The molecular weight excluding hydrogens is 304 g/mol. The van der Waals surface area contributed by atoms with Crippen LogP contribution in [0.3, 0.4) is 0 Å². The van der Waals surface area contributed by atoms with Crippen LogP contribution in [-0.2, 0) is 4.79 Å². The summed E-state index contributed by atoms with van der Waals surface area (Å²) >= 11 is 1.43. The van der Waals surface area contributed by atoms with Crippen LogP contribution < -0.4 is 0 Å². The first-order valence-corrected chi connectivity index (χ1v) is 8.38. The summed E-state index contributed by atoms with van der Waals surface area (Å²) in [5.41, 5.74) is 1.88. The molecule has 0 saturated carbocycles. The summed E-state index contributed by atoms with van der Waals surface area (Å²) < 4.78 is 0. The second-order valence-electron chi connectivity index (χ2n) is 5.52. The lowest BCUT2D eigenvalue weighted by atomic mass is 10.2. The Labute approximate surface area is 140 Å². The van der Waals surface area contributed by atoms with Crippen molar-refractivity contribution in [2.75, 3.05) is 0 Å². The van der Waals surface area contributed by atoms with Crippen LogP contribution in [-0.4, -0.2) is 22.0 Å². The molecule has 3 nitrogen and oxygen atoms in total. The second-order valence-corrected chi connectivity index (χ2v) is 6.53. The Bertz CT molecular complexity index is 751. The van der Waals surface area contributed by atoms with E-state index in [4.69, 9.17) is 0 Å². The van der Waals surface area contributed by atoms with Gasteiger partial charge in [-0.2, -0.15) is 0 Å². The quantitative estimate of drug-likeness (QED) is 0.767. The van der Waals surface area contributed by atoms with Crippen LogP contribution in [0.1, 0.15) is 19.4 Å². The van der Waals surface area contributed by atoms with E-state index in [9.17, 15) is 4.79 Å². The maximum absolute atomic E-state index is 12.7. The molecule has 116 valence electrons. The maximum Gasteiger partial charge on any atom is 0.266 e. The van der Waals surface area contributed by atoms with Crippen molar-refractivity contribution in [3.8, 4) is 0 Å². The van der Waals surface area contributed by atoms with Crippen LogP contribution in [0.2, 0.25) is 0 Å². The van der Waals surface area contributed by atoms with E-state index < -0.39 is 0 Å². The first kappa shape index (κ1) is 15.6. The highest BCUT2D eigenvalue weighted by Crippen LogP contribution is 2.35. The summed E-state index contributed by atoms with van der Waals surface area (Å²) in [5, 5.41) is 0.735. The van der Waals surface area contributed by atoms with Crippen LogP contribution in [0.25, 0.3) is 6.08 Å². The summed E-state index contributed by atoms with van der Waals surface area (Å²) in [6.45, 7) is 4.01. The van der Waals surface area contributed by atoms with E-state index in [0.29, 0.717) is 4.91 Å². The molecule has 1 heterocycles. The first-order valence-electron chi connectivity index (χ1n) is 7.57. The number of para-hydroxylation sites is 1. The Kier molecular flexibility index (Phi) is 4.63. The summed E-state index contributed by atoms with van der Waals surface area (Å²) in [7, 11) is 0. The molecule has 23 heavy (non-hydrogen) atoms. The number of thioether (sulfide) groups is 1.